The number of nitrogens with zero attached hydrogens (tertiary/aromatic N) is 1. The molecule has 0 saturated heterocycles. The lowest BCUT2D eigenvalue weighted by atomic mass is 9.83. The second-order valence-corrected chi connectivity index (χ2v) is 6.42. The summed E-state index contributed by atoms with van der Waals surface area (Å²) in [5.74, 6) is 0.828. The summed E-state index contributed by atoms with van der Waals surface area (Å²) in [5, 5.41) is 9.78. The number of nitriles is 1. The summed E-state index contributed by atoms with van der Waals surface area (Å²) in [6, 6.07) is 2.53. The maximum Gasteiger partial charge on any atom is 0.103 e. The molecule has 0 aromatic heterocycles. The van der Waals surface area contributed by atoms with Crippen LogP contribution >= 0.6 is 11.8 Å². The Labute approximate surface area is 85.9 Å². The summed E-state index contributed by atoms with van der Waals surface area (Å²) in [7, 11) is 0. The van der Waals surface area contributed by atoms with E-state index in [1.54, 1.807) is 0 Å². The number of hydrogen-bond donors (Lipinski definition) is 0. The van der Waals surface area contributed by atoms with Gasteiger partial charge in [-0.15, -0.1) is 11.8 Å². The van der Waals surface area contributed by atoms with E-state index < -0.39 is 0 Å². The molecule has 0 aliphatic heterocycles. The van der Waals surface area contributed by atoms with Crippen molar-refractivity contribution in [2.45, 2.75) is 56.5 Å². The van der Waals surface area contributed by atoms with E-state index >= 15 is 0 Å². The highest BCUT2D eigenvalue weighted by molar-refractivity contribution is 8.01. The molecule has 74 valence electrons. The Morgan fingerprint density at radius 2 is 1.92 bits per heavy atom. The molecule has 0 spiro atoms. The number of thioether (sulfide) groups is 1. The zero-order valence-electron chi connectivity index (χ0n) is 8.84. The van der Waals surface area contributed by atoms with Gasteiger partial charge in [0.05, 0.1) is 6.07 Å². The minimum atomic E-state index is -0.0549. The first-order chi connectivity index (χ1) is 6.08. The van der Waals surface area contributed by atoms with Crippen LogP contribution in [0.4, 0.5) is 0 Å². The van der Waals surface area contributed by atoms with Crippen LogP contribution in [0.2, 0.25) is 0 Å². The third-order valence-electron chi connectivity index (χ3n) is 2.75. The molecule has 0 amide bonds. The lowest BCUT2D eigenvalue weighted by Crippen LogP contribution is -2.30. The van der Waals surface area contributed by atoms with Gasteiger partial charge in [-0.2, -0.15) is 5.26 Å². The molecule has 1 aliphatic carbocycles. The lowest BCUT2D eigenvalue weighted by Gasteiger charge is -2.34. The molecule has 0 aromatic carbocycles. The van der Waals surface area contributed by atoms with Gasteiger partial charge in [0.15, 0.2) is 0 Å². The normalized spacial score (nSPS) is 34.5. The van der Waals surface area contributed by atoms with Crippen LogP contribution < -0.4 is 0 Å². The van der Waals surface area contributed by atoms with Crippen molar-refractivity contribution in [2.24, 2.45) is 5.92 Å². The van der Waals surface area contributed by atoms with E-state index in [1.165, 1.54) is 12.8 Å². The van der Waals surface area contributed by atoms with Crippen molar-refractivity contribution in [3.8, 4) is 6.07 Å². The van der Waals surface area contributed by atoms with Crippen molar-refractivity contribution in [1.82, 2.24) is 0 Å². The van der Waals surface area contributed by atoms with E-state index in [0.29, 0.717) is 5.25 Å². The average Bonchev–Trinajstić information content (AvgIpc) is 2.09. The maximum atomic E-state index is 9.21. The van der Waals surface area contributed by atoms with Gasteiger partial charge in [-0.25, -0.2) is 0 Å². The fraction of sp³-hybridized carbons (Fsp3) is 0.909. The SMILES string of the molecule is CC1CCC(C#N)(SC(C)C)CC1. The molecule has 2 heteroatoms. The molecule has 1 fully saturated rings. The molecule has 0 N–H and O–H groups in total. The van der Waals surface area contributed by atoms with E-state index in [0.717, 1.165) is 18.8 Å². The number of hydrogen-bond acceptors (Lipinski definition) is 2. The highest BCUT2D eigenvalue weighted by Crippen LogP contribution is 2.43. The first kappa shape index (κ1) is 10.9. The summed E-state index contributed by atoms with van der Waals surface area (Å²) in [4.78, 5) is 0. The fourth-order valence-electron chi connectivity index (χ4n) is 1.94. The average molecular weight is 197 g/mol. The molecule has 0 atom stereocenters. The second-order valence-electron chi connectivity index (χ2n) is 4.46. The molecule has 0 heterocycles. The Hall–Kier alpha value is -0.160. The second kappa shape index (κ2) is 4.37. The van der Waals surface area contributed by atoms with Gasteiger partial charge < -0.3 is 0 Å². The van der Waals surface area contributed by atoms with Gasteiger partial charge in [0.2, 0.25) is 0 Å². The smallest absolute Gasteiger partial charge is 0.103 e. The summed E-state index contributed by atoms with van der Waals surface area (Å²) < 4.78 is -0.0549. The van der Waals surface area contributed by atoms with Gasteiger partial charge in [-0.05, 0) is 31.6 Å². The van der Waals surface area contributed by atoms with Crippen LogP contribution in [0.1, 0.15) is 46.5 Å². The van der Waals surface area contributed by atoms with Crippen molar-refractivity contribution >= 4 is 11.8 Å². The molecule has 1 rings (SSSR count). The van der Waals surface area contributed by atoms with Crippen molar-refractivity contribution < 1.29 is 0 Å². The summed E-state index contributed by atoms with van der Waals surface area (Å²) in [6.07, 6.45) is 4.64. The Morgan fingerprint density at radius 1 is 1.38 bits per heavy atom. The molecule has 13 heavy (non-hydrogen) atoms. The van der Waals surface area contributed by atoms with Crippen molar-refractivity contribution in [1.29, 1.82) is 5.26 Å². The van der Waals surface area contributed by atoms with Crippen LogP contribution in [-0.2, 0) is 0 Å². The third kappa shape index (κ3) is 2.91. The monoisotopic (exact) mass is 197 g/mol. The van der Waals surface area contributed by atoms with Crippen LogP contribution in [0.25, 0.3) is 0 Å². The minimum absolute atomic E-state index is 0.0549. The summed E-state index contributed by atoms with van der Waals surface area (Å²) in [5.41, 5.74) is 0. The molecule has 1 aliphatic rings. The van der Waals surface area contributed by atoms with Crippen molar-refractivity contribution in [2.75, 3.05) is 0 Å². The van der Waals surface area contributed by atoms with E-state index in [-0.39, 0.29) is 4.75 Å². The van der Waals surface area contributed by atoms with Gasteiger partial charge in [-0.1, -0.05) is 20.8 Å². The predicted molar refractivity (Wildman–Crippen MR) is 58.7 cm³/mol. The van der Waals surface area contributed by atoms with Crippen LogP contribution in [0, 0.1) is 17.2 Å². The molecular formula is C11H19NS. The molecular weight excluding hydrogens is 178 g/mol. The first-order valence-corrected chi connectivity index (χ1v) is 6.05. The van der Waals surface area contributed by atoms with Crippen LogP contribution in [-0.4, -0.2) is 10.00 Å². The maximum absolute atomic E-state index is 9.21. The van der Waals surface area contributed by atoms with Crippen LogP contribution in [0.5, 0.6) is 0 Å². The van der Waals surface area contributed by atoms with Crippen molar-refractivity contribution in [3.05, 3.63) is 0 Å². The lowest BCUT2D eigenvalue weighted by molar-refractivity contribution is 0.357. The largest absolute Gasteiger partial charge is 0.197 e. The minimum Gasteiger partial charge on any atom is -0.197 e. The summed E-state index contributed by atoms with van der Waals surface area (Å²) >= 11 is 1.86. The van der Waals surface area contributed by atoms with Gasteiger partial charge in [0.25, 0.3) is 0 Å². The predicted octanol–water partition coefficient (Wildman–Crippen LogP) is 3.60. The van der Waals surface area contributed by atoms with E-state index in [2.05, 4.69) is 26.8 Å². The van der Waals surface area contributed by atoms with E-state index in [1.807, 2.05) is 11.8 Å². The Kier molecular flexibility index (Phi) is 3.67. The van der Waals surface area contributed by atoms with Gasteiger partial charge in [0, 0.05) is 5.25 Å². The van der Waals surface area contributed by atoms with E-state index in [9.17, 15) is 5.26 Å². The van der Waals surface area contributed by atoms with Crippen molar-refractivity contribution in [3.63, 3.8) is 0 Å². The van der Waals surface area contributed by atoms with Gasteiger partial charge in [0.1, 0.15) is 4.75 Å². The Bertz CT molecular complexity index is 197. The standard InChI is InChI=1S/C11H19NS/c1-9(2)13-11(8-12)6-4-10(3)5-7-11/h9-10H,4-7H2,1-3H3. The first-order valence-electron chi connectivity index (χ1n) is 5.17. The van der Waals surface area contributed by atoms with Gasteiger partial charge >= 0.3 is 0 Å². The molecule has 0 aromatic rings. The van der Waals surface area contributed by atoms with Crippen LogP contribution in [0.15, 0.2) is 0 Å². The fourth-order valence-corrected chi connectivity index (χ4v) is 3.36. The highest BCUT2D eigenvalue weighted by Gasteiger charge is 2.35. The molecule has 0 unspecified atom stereocenters. The van der Waals surface area contributed by atoms with Crippen LogP contribution in [0.3, 0.4) is 0 Å². The number of rotatable bonds is 2. The third-order valence-corrected chi connectivity index (χ3v) is 4.17. The zero-order valence-corrected chi connectivity index (χ0v) is 9.66. The zero-order chi connectivity index (χ0) is 9.90. The molecule has 0 bridgehead atoms. The molecule has 1 nitrogen and oxygen atoms in total. The molecule has 1 saturated carbocycles. The van der Waals surface area contributed by atoms with Gasteiger partial charge in [-0.3, -0.25) is 0 Å². The Balaban J connectivity index is 2.57. The quantitative estimate of drug-likeness (QED) is 0.675. The topological polar surface area (TPSA) is 23.8 Å². The summed E-state index contributed by atoms with van der Waals surface area (Å²) in [6.45, 7) is 6.66. The van der Waals surface area contributed by atoms with E-state index in [4.69, 9.17) is 0 Å². The highest BCUT2D eigenvalue weighted by atomic mass is 32.2. The molecule has 0 radical (unpaired) electrons. The Morgan fingerprint density at radius 3 is 2.31 bits per heavy atom.